The van der Waals surface area contributed by atoms with Crippen molar-refractivity contribution in [2.24, 2.45) is 11.3 Å². The van der Waals surface area contributed by atoms with Crippen LogP contribution < -0.4 is 10.1 Å². The monoisotopic (exact) mass is 486 g/mol. The van der Waals surface area contributed by atoms with Crippen LogP contribution in [0.2, 0.25) is 0 Å². The molecule has 2 aliphatic heterocycles. The van der Waals surface area contributed by atoms with Gasteiger partial charge in [-0.2, -0.15) is 13.2 Å². The van der Waals surface area contributed by atoms with Crippen molar-refractivity contribution >= 4 is 11.6 Å². The van der Waals surface area contributed by atoms with Crippen LogP contribution in [0.5, 0.6) is 5.88 Å². The topological polar surface area (TPSA) is 67.4 Å². The molecule has 5 unspecified atom stereocenters. The van der Waals surface area contributed by atoms with Gasteiger partial charge < -0.3 is 15.0 Å². The molecule has 4 aliphatic rings. The number of rotatable bonds is 4. The Hall–Kier alpha value is -3.43. The number of hydrogen-bond donors (Lipinski definition) is 1. The van der Waals surface area contributed by atoms with Crippen molar-refractivity contribution in [2.75, 3.05) is 6.54 Å². The molecule has 2 saturated carbocycles. The second-order valence-electron chi connectivity index (χ2n) is 9.69. The molecule has 2 aromatic heterocycles. The summed E-state index contributed by atoms with van der Waals surface area (Å²) in [4.78, 5) is 23.5. The smallest absolute Gasteiger partial charge is 0.417 e. The molecule has 1 amide bonds. The van der Waals surface area contributed by atoms with E-state index in [2.05, 4.69) is 15.3 Å². The predicted octanol–water partition coefficient (Wildman–Crippen LogP) is 3.96. The van der Waals surface area contributed by atoms with Crippen molar-refractivity contribution in [2.45, 2.75) is 44.1 Å². The number of dihydropyridines is 1. The van der Waals surface area contributed by atoms with E-state index >= 15 is 0 Å². The second kappa shape index (κ2) is 7.53. The number of nitrogens with one attached hydrogen (secondary N) is 1. The van der Waals surface area contributed by atoms with Crippen molar-refractivity contribution in [1.29, 1.82) is 0 Å². The molecule has 1 N–H and O–H groups in total. The molecule has 0 radical (unpaired) electrons. The van der Waals surface area contributed by atoms with Gasteiger partial charge in [0.2, 0.25) is 5.88 Å². The van der Waals surface area contributed by atoms with Crippen molar-refractivity contribution < 1.29 is 27.1 Å². The van der Waals surface area contributed by atoms with Gasteiger partial charge in [0.05, 0.1) is 22.9 Å². The zero-order valence-electron chi connectivity index (χ0n) is 18.7. The molecule has 0 bridgehead atoms. The standard InChI is InChI=1S/C25H22F4N4O2/c1-13-4-6-16(20(32-13)21-17(26)3-2-8-30-21)23(34)33-12-15-9-24(15)10-18(22(24)33)35-19-7-5-14(11-31-19)25(27,28)29/h2-8,11,13,15,18,22,32H,9-10,12H2,1H3. The summed E-state index contributed by atoms with van der Waals surface area (Å²) >= 11 is 0. The number of nitrogens with zero attached hydrogens (tertiary/aromatic N) is 3. The van der Waals surface area contributed by atoms with E-state index in [0.29, 0.717) is 23.7 Å². The van der Waals surface area contributed by atoms with Gasteiger partial charge in [0.1, 0.15) is 11.8 Å². The Morgan fingerprint density at radius 3 is 2.77 bits per heavy atom. The molecule has 0 aromatic carbocycles. The third-order valence-corrected chi connectivity index (χ3v) is 7.57. The summed E-state index contributed by atoms with van der Waals surface area (Å²) in [5, 5.41) is 3.17. The van der Waals surface area contributed by atoms with Gasteiger partial charge in [0.25, 0.3) is 5.91 Å². The average molecular weight is 486 g/mol. The lowest BCUT2D eigenvalue weighted by Gasteiger charge is -2.47. The lowest BCUT2D eigenvalue weighted by molar-refractivity contribution is -0.138. The van der Waals surface area contributed by atoms with Gasteiger partial charge in [0, 0.05) is 36.5 Å². The Morgan fingerprint density at radius 2 is 2.06 bits per heavy atom. The molecular formula is C25H22F4N4O2. The first kappa shape index (κ1) is 22.1. The molecule has 3 fully saturated rings. The number of ether oxygens (including phenoxy) is 1. The number of hydrogen-bond acceptors (Lipinski definition) is 5. The molecule has 182 valence electrons. The van der Waals surface area contributed by atoms with E-state index in [1.165, 1.54) is 24.4 Å². The summed E-state index contributed by atoms with van der Waals surface area (Å²) < 4.78 is 59.0. The Kier molecular flexibility index (Phi) is 4.75. The second-order valence-corrected chi connectivity index (χ2v) is 9.69. The van der Waals surface area contributed by atoms with Gasteiger partial charge in [-0.15, -0.1) is 0 Å². The molecule has 4 heterocycles. The summed E-state index contributed by atoms with van der Waals surface area (Å²) in [6.07, 6.45) is 2.64. The van der Waals surface area contributed by atoms with E-state index in [1.807, 2.05) is 13.0 Å². The normalized spacial score (nSPS) is 30.8. The fourth-order valence-electron chi connectivity index (χ4n) is 5.80. The maximum absolute atomic E-state index is 14.6. The Bertz CT molecular complexity index is 1260. The molecule has 6 nitrogen and oxygen atoms in total. The van der Waals surface area contributed by atoms with Crippen LogP contribution >= 0.6 is 0 Å². The lowest BCUT2D eigenvalue weighted by Crippen LogP contribution is -2.59. The molecular weight excluding hydrogens is 464 g/mol. The van der Waals surface area contributed by atoms with Crippen LogP contribution in [0.1, 0.15) is 31.0 Å². The number of aromatic nitrogens is 2. The quantitative estimate of drug-likeness (QED) is 0.663. The van der Waals surface area contributed by atoms with Crippen molar-refractivity contribution in [3.8, 4) is 5.88 Å². The minimum Gasteiger partial charge on any atom is -0.472 e. The first-order valence-electron chi connectivity index (χ1n) is 11.5. The third-order valence-electron chi connectivity index (χ3n) is 7.57. The van der Waals surface area contributed by atoms with E-state index in [4.69, 9.17) is 4.74 Å². The third kappa shape index (κ3) is 3.49. The van der Waals surface area contributed by atoms with Crippen LogP contribution in [-0.4, -0.2) is 45.5 Å². The van der Waals surface area contributed by atoms with E-state index < -0.39 is 17.6 Å². The number of halogens is 4. The minimum absolute atomic E-state index is 0.0116. The van der Waals surface area contributed by atoms with Crippen LogP contribution in [0.15, 0.2) is 54.4 Å². The van der Waals surface area contributed by atoms with E-state index in [9.17, 15) is 22.4 Å². The van der Waals surface area contributed by atoms with Crippen LogP contribution in [0.3, 0.4) is 0 Å². The number of carbonyl (C=O) groups is 1. The molecule has 1 saturated heterocycles. The average Bonchev–Trinajstić information content (AvgIpc) is 3.47. The highest BCUT2D eigenvalue weighted by atomic mass is 19.4. The highest BCUT2D eigenvalue weighted by Crippen LogP contribution is 2.71. The number of likely N-dealkylation sites (tertiary alicyclic amines) is 1. The molecule has 5 atom stereocenters. The zero-order chi connectivity index (χ0) is 24.5. The Labute approximate surface area is 198 Å². The van der Waals surface area contributed by atoms with Gasteiger partial charge in [-0.1, -0.05) is 6.08 Å². The molecule has 2 aliphatic carbocycles. The SMILES string of the molecule is CC1C=CC(C(=O)N2CC3CC34CC(Oc3ccc(C(F)(F)F)cn3)C24)=C(c2ncccc2F)N1. The summed E-state index contributed by atoms with van der Waals surface area (Å²) in [5.74, 6) is -0.308. The number of alkyl halides is 3. The highest BCUT2D eigenvalue weighted by Gasteiger charge is 2.76. The molecule has 6 rings (SSSR count). The fraction of sp³-hybridized carbons (Fsp3) is 0.400. The Morgan fingerprint density at radius 1 is 1.23 bits per heavy atom. The molecule has 35 heavy (non-hydrogen) atoms. The first-order valence-corrected chi connectivity index (χ1v) is 11.5. The van der Waals surface area contributed by atoms with Crippen LogP contribution in [0, 0.1) is 17.2 Å². The van der Waals surface area contributed by atoms with E-state index in [-0.39, 0.29) is 41.1 Å². The summed E-state index contributed by atoms with van der Waals surface area (Å²) in [6.45, 7) is 2.46. The Balaban J connectivity index is 1.27. The van der Waals surface area contributed by atoms with Crippen molar-refractivity contribution in [1.82, 2.24) is 20.2 Å². The fourth-order valence-corrected chi connectivity index (χ4v) is 5.80. The zero-order valence-corrected chi connectivity index (χ0v) is 18.7. The van der Waals surface area contributed by atoms with Gasteiger partial charge >= 0.3 is 6.18 Å². The largest absolute Gasteiger partial charge is 0.472 e. The van der Waals surface area contributed by atoms with Gasteiger partial charge in [-0.05, 0) is 50.0 Å². The van der Waals surface area contributed by atoms with Crippen LogP contribution in [0.4, 0.5) is 17.6 Å². The van der Waals surface area contributed by atoms with E-state index in [1.54, 1.807) is 11.0 Å². The van der Waals surface area contributed by atoms with Crippen molar-refractivity contribution in [3.63, 3.8) is 0 Å². The highest BCUT2D eigenvalue weighted by molar-refractivity contribution is 6.04. The summed E-state index contributed by atoms with van der Waals surface area (Å²) in [6, 6.07) is 4.62. The minimum atomic E-state index is -4.47. The van der Waals surface area contributed by atoms with Gasteiger partial charge in [-0.3, -0.25) is 9.78 Å². The number of piperidine rings is 1. The maximum atomic E-state index is 14.6. The van der Waals surface area contributed by atoms with Crippen LogP contribution in [0.25, 0.3) is 5.70 Å². The first-order chi connectivity index (χ1) is 16.7. The van der Waals surface area contributed by atoms with Gasteiger partial charge in [-0.25, -0.2) is 9.37 Å². The predicted molar refractivity (Wildman–Crippen MR) is 117 cm³/mol. The molecule has 2 aromatic rings. The number of amides is 1. The number of pyridine rings is 2. The van der Waals surface area contributed by atoms with Crippen LogP contribution in [-0.2, 0) is 11.0 Å². The summed E-state index contributed by atoms with van der Waals surface area (Å²) in [5.41, 5.74) is -0.0970. The van der Waals surface area contributed by atoms with E-state index in [0.717, 1.165) is 25.1 Å². The number of carbonyl (C=O) groups excluding carboxylic acids is 1. The summed E-state index contributed by atoms with van der Waals surface area (Å²) in [7, 11) is 0. The molecule has 10 heteroatoms. The lowest BCUT2D eigenvalue weighted by atomic mass is 9.73. The van der Waals surface area contributed by atoms with Crippen molar-refractivity contribution in [3.05, 3.63) is 71.5 Å². The van der Waals surface area contributed by atoms with Gasteiger partial charge in [0.15, 0.2) is 5.82 Å². The molecule has 1 spiro atoms. The maximum Gasteiger partial charge on any atom is 0.417 e.